The first-order valence-corrected chi connectivity index (χ1v) is 7.07. The molecule has 1 aliphatic rings. The van der Waals surface area contributed by atoms with Gasteiger partial charge in [-0.1, -0.05) is 26.1 Å². The number of aromatic amines is 1. The number of nitrogens with one attached hydrogen (secondary N) is 1. The number of H-pyrrole nitrogens is 1. The van der Waals surface area contributed by atoms with Crippen LogP contribution in [-0.4, -0.2) is 17.1 Å². The summed E-state index contributed by atoms with van der Waals surface area (Å²) in [4.78, 5) is 7.81. The molecule has 1 atom stereocenters. The van der Waals surface area contributed by atoms with Gasteiger partial charge < -0.3 is 9.72 Å². The number of hydrogen-bond donors (Lipinski definition) is 1. The van der Waals surface area contributed by atoms with Crippen molar-refractivity contribution >= 4 is 28.1 Å². The topological polar surface area (TPSA) is 37.9 Å². The summed E-state index contributed by atoms with van der Waals surface area (Å²) in [6.45, 7) is 4.27. The molecular formula is C12H17BrN2OS. The van der Waals surface area contributed by atoms with E-state index in [4.69, 9.17) is 17.0 Å². The Hall–Kier alpha value is -0.260. The van der Waals surface area contributed by atoms with Crippen LogP contribution in [0.5, 0.6) is 0 Å². The maximum atomic E-state index is 5.53. The molecule has 2 rings (SSSR count). The van der Waals surface area contributed by atoms with Gasteiger partial charge in [-0.25, -0.2) is 4.98 Å². The summed E-state index contributed by atoms with van der Waals surface area (Å²) in [5.74, 6) is 1.84. The normalized spacial score (nSPS) is 17.5. The second-order valence-electron chi connectivity index (χ2n) is 4.80. The van der Waals surface area contributed by atoms with E-state index in [-0.39, 0.29) is 6.10 Å². The number of nitrogens with zero attached hydrogens (tertiary/aromatic N) is 1. The Morgan fingerprint density at radius 1 is 1.47 bits per heavy atom. The largest absolute Gasteiger partial charge is 0.373 e. The van der Waals surface area contributed by atoms with Gasteiger partial charge in [0.1, 0.15) is 16.6 Å². The summed E-state index contributed by atoms with van der Waals surface area (Å²) in [5, 5.41) is 0. The van der Waals surface area contributed by atoms with E-state index in [2.05, 4.69) is 39.7 Å². The minimum absolute atomic E-state index is 0.0577. The van der Waals surface area contributed by atoms with Crippen LogP contribution in [0.1, 0.15) is 50.2 Å². The quantitative estimate of drug-likeness (QED) is 0.849. The van der Waals surface area contributed by atoms with Crippen molar-refractivity contribution in [1.29, 1.82) is 0 Å². The highest BCUT2D eigenvalue weighted by atomic mass is 79.9. The Morgan fingerprint density at radius 2 is 2.12 bits per heavy atom. The molecule has 0 amide bonds. The number of methoxy groups -OCH3 is 1. The van der Waals surface area contributed by atoms with Crippen LogP contribution >= 0.6 is 28.1 Å². The molecule has 5 heteroatoms. The summed E-state index contributed by atoms with van der Waals surface area (Å²) in [6.07, 6.45) is 2.49. The zero-order valence-electron chi connectivity index (χ0n) is 10.3. The van der Waals surface area contributed by atoms with Crippen LogP contribution in [0, 0.1) is 10.6 Å². The fourth-order valence-corrected chi connectivity index (χ4v) is 2.81. The van der Waals surface area contributed by atoms with Gasteiger partial charge in [0.2, 0.25) is 0 Å². The predicted octanol–water partition coefficient (Wildman–Crippen LogP) is 4.12. The van der Waals surface area contributed by atoms with Gasteiger partial charge in [-0.15, -0.1) is 0 Å². The molecule has 0 aliphatic heterocycles. The molecule has 3 nitrogen and oxygen atoms in total. The molecule has 17 heavy (non-hydrogen) atoms. The van der Waals surface area contributed by atoms with E-state index in [0.717, 1.165) is 16.0 Å². The lowest BCUT2D eigenvalue weighted by Crippen LogP contribution is -2.11. The molecule has 1 N–H and O–H groups in total. The van der Waals surface area contributed by atoms with Gasteiger partial charge in [0.05, 0.1) is 4.47 Å². The first-order valence-electron chi connectivity index (χ1n) is 5.87. The summed E-state index contributed by atoms with van der Waals surface area (Å²) in [7, 11) is 1.73. The van der Waals surface area contributed by atoms with Gasteiger partial charge in [-0.05, 0) is 40.6 Å². The van der Waals surface area contributed by atoms with Crippen molar-refractivity contribution in [3.8, 4) is 0 Å². The molecule has 1 unspecified atom stereocenters. The molecule has 0 bridgehead atoms. The molecule has 0 radical (unpaired) electrons. The summed E-state index contributed by atoms with van der Waals surface area (Å²) >= 11 is 8.79. The maximum absolute atomic E-state index is 5.53. The number of halogens is 1. The van der Waals surface area contributed by atoms with E-state index < -0.39 is 0 Å². The molecule has 1 heterocycles. The van der Waals surface area contributed by atoms with Crippen molar-refractivity contribution in [2.45, 2.75) is 38.7 Å². The smallest absolute Gasteiger partial charge is 0.144 e. The highest BCUT2D eigenvalue weighted by Gasteiger charge is 2.34. The molecule has 0 spiro atoms. The van der Waals surface area contributed by atoms with Crippen LogP contribution in [-0.2, 0) is 4.74 Å². The van der Waals surface area contributed by atoms with Gasteiger partial charge >= 0.3 is 0 Å². The van der Waals surface area contributed by atoms with Gasteiger partial charge in [-0.2, -0.15) is 0 Å². The second-order valence-corrected chi connectivity index (χ2v) is 5.98. The Bertz CT molecular complexity index is 468. The standard InChI is InChI=1S/C12H17BrN2OS/c1-6(2)9-8(13)12(17)15-11(14-9)10(16-3)7-4-5-7/h6-7,10H,4-5H2,1-3H3,(H,14,15,17). The fourth-order valence-electron chi connectivity index (χ4n) is 1.95. The van der Waals surface area contributed by atoms with E-state index in [1.54, 1.807) is 7.11 Å². The Balaban J connectivity index is 2.44. The zero-order valence-corrected chi connectivity index (χ0v) is 12.7. The van der Waals surface area contributed by atoms with Crippen molar-refractivity contribution in [2.75, 3.05) is 7.11 Å². The third-order valence-corrected chi connectivity index (χ3v) is 4.42. The molecule has 1 saturated carbocycles. The Morgan fingerprint density at radius 3 is 2.59 bits per heavy atom. The summed E-state index contributed by atoms with van der Waals surface area (Å²) in [5.41, 5.74) is 1.10. The number of hydrogen-bond acceptors (Lipinski definition) is 3. The molecule has 1 aromatic heterocycles. The van der Waals surface area contributed by atoms with Crippen molar-refractivity contribution in [3.05, 3.63) is 20.6 Å². The first-order chi connectivity index (χ1) is 8.04. The SMILES string of the molecule is COC(c1nc(=S)c(Br)c(C(C)C)[nH]1)C1CC1. The van der Waals surface area contributed by atoms with Crippen LogP contribution in [0.2, 0.25) is 0 Å². The van der Waals surface area contributed by atoms with Crippen molar-refractivity contribution < 1.29 is 4.74 Å². The molecule has 1 aromatic rings. The lowest BCUT2D eigenvalue weighted by atomic mass is 10.1. The van der Waals surface area contributed by atoms with Crippen molar-refractivity contribution in [3.63, 3.8) is 0 Å². The number of ether oxygens (including phenoxy) is 1. The molecular weight excluding hydrogens is 300 g/mol. The van der Waals surface area contributed by atoms with Crippen LogP contribution in [0.15, 0.2) is 4.47 Å². The van der Waals surface area contributed by atoms with Gasteiger partial charge in [0, 0.05) is 12.8 Å². The van der Waals surface area contributed by atoms with Crippen molar-refractivity contribution in [1.82, 2.24) is 9.97 Å². The third kappa shape index (κ3) is 2.77. The first kappa shape index (κ1) is 13.2. The van der Waals surface area contributed by atoms with Crippen LogP contribution < -0.4 is 0 Å². The van der Waals surface area contributed by atoms with Gasteiger partial charge in [-0.3, -0.25) is 0 Å². The average molecular weight is 317 g/mol. The fraction of sp³-hybridized carbons (Fsp3) is 0.667. The monoisotopic (exact) mass is 316 g/mol. The lowest BCUT2D eigenvalue weighted by Gasteiger charge is -2.17. The molecule has 0 saturated heterocycles. The third-order valence-electron chi connectivity index (χ3n) is 3.06. The molecule has 94 valence electrons. The molecule has 0 aromatic carbocycles. The van der Waals surface area contributed by atoms with Crippen LogP contribution in [0.25, 0.3) is 0 Å². The minimum Gasteiger partial charge on any atom is -0.373 e. The van der Waals surface area contributed by atoms with Crippen molar-refractivity contribution in [2.24, 2.45) is 5.92 Å². The van der Waals surface area contributed by atoms with E-state index >= 15 is 0 Å². The average Bonchev–Trinajstić information content (AvgIpc) is 3.07. The zero-order chi connectivity index (χ0) is 12.6. The summed E-state index contributed by atoms with van der Waals surface area (Å²) in [6, 6.07) is 0. The van der Waals surface area contributed by atoms with Crippen LogP contribution in [0.4, 0.5) is 0 Å². The van der Waals surface area contributed by atoms with E-state index in [9.17, 15) is 0 Å². The second kappa shape index (κ2) is 5.16. The Kier molecular flexibility index (Phi) is 4.00. The molecule has 1 fully saturated rings. The number of rotatable bonds is 4. The summed E-state index contributed by atoms with van der Waals surface area (Å²) < 4.78 is 7.05. The van der Waals surface area contributed by atoms with E-state index in [1.165, 1.54) is 12.8 Å². The Labute approximate surface area is 115 Å². The highest BCUT2D eigenvalue weighted by Crippen LogP contribution is 2.42. The lowest BCUT2D eigenvalue weighted by molar-refractivity contribution is 0.0768. The van der Waals surface area contributed by atoms with Crippen LogP contribution in [0.3, 0.4) is 0 Å². The number of aromatic nitrogens is 2. The maximum Gasteiger partial charge on any atom is 0.144 e. The van der Waals surface area contributed by atoms with E-state index in [1.807, 2.05) is 0 Å². The highest BCUT2D eigenvalue weighted by molar-refractivity contribution is 9.10. The minimum atomic E-state index is 0.0577. The molecule has 1 aliphatic carbocycles. The predicted molar refractivity (Wildman–Crippen MR) is 73.7 cm³/mol. The van der Waals surface area contributed by atoms with Gasteiger partial charge in [0.15, 0.2) is 0 Å². The van der Waals surface area contributed by atoms with E-state index in [0.29, 0.717) is 16.5 Å². The van der Waals surface area contributed by atoms with Gasteiger partial charge in [0.25, 0.3) is 0 Å².